The summed E-state index contributed by atoms with van der Waals surface area (Å²) in [5.41, 5.74) is 5.56. The van der Waals surface area contributed by atoms with Crippen molar-refractivity contribution in [2.75, 3.05) is 5.75 Å². The van der Waals surface area contributed by atoms with Crippen molar-refractivity contribution in [3.63, 3.8) is 0 Å². The number of nitrogens with zero attached hydrogens (tertiary/aromatic N) is 2. The molecular weight excluding hydrogens is 376 g/mol. The minimum atomic E-state index is -0.242. The Kier molecular flexibility index (Phi) is 6.33. The van der Waals surface area contributed by atoms with Gasteiger partial charge < -0.3 is 4.90 Å². The summed E-state index contributed by atoms with van der Waals surface area (Å²) in [6.07, 6.45) is 0. The summed E-state index contributed by atoms with van der Waals surface area (Å²) in [6.45, 7) is 13.2. The van der Waals surface area contributed by atoms with E-state index in [1.807, 2.05) is 23.1 Å². The van der Waals surface area contributed by atoms with E-state index >= 15 is 0 Å². The topological polar surface area (TPSA) is 33.2 Å². The molecule has 3 aromatic rings. The van der Waals surface area contributed by atoms with Gasteiger partial charge in [0.25, 0.3) is 0 Å². The third-order valence-corrected chi connectivity index (χ3v) is 5.97. The SMILES string of the molecule is Cc1cc(C)c2nc(SCC(=O)N(Cc3ccccc3)C(C)(C)C)cc(C)c2c1. The second-order valence-corrected chi connectivity index (χ2v) is 9.68. The van der Waals surface area contributed by atoms with Crippen LogP contribution in [0.25, 0.3) is 10.9 Å². The first-order valence-electron chi connectivity index (χ1n) is 10.0. The van der Waals surface area contributed by atoms with Gasteiger partial charge in [-0.25, -0.2) is 4.98 Å². The van der Waals surface area contributed by atoms with E-state index in [2.05, 4.69) is 71.9 Å². The normalized spacial score (nSPS) is 11.7. The standard InChI is InChI=1S/C25H30N2OS/c1-17-12-19(3)24-21(13-17)18(2)14-22(26-24)29-16-23(28)27(25(4,5)6)15-20-10-8-7-9-11-20/h7-14H,15-16H2,1-6H3. The summed E-state index contributed by atoms with van der Waals surface area (Å²) in [5, 5.41) is 2.10. The number of benzene rings is 2. The first-order valence-corrected chi connectivity index (χ1v) is 11.0. The van der Waals surface area contributed by atoms with Gasteiger partial charge in [0.05, 0.1) is 16.3 Å². The van der Waals surface area contributed by atoms with Gasteiger partial charge in [-0.15, -0.1) is 0 Å². The van der Waals surface area contributed by atoms with E-state index in [0.717, 1.165) is 16.1 Å². The molecule has 3 rings (SSSR count). The van der Waals surface area contributed by atoms with Gasteiger partial charge in [0.15, 0.2) is 0 Å². The number of pyridine rings is 1. The molecule has 0 bridgehead atoms. The lowest BCUT2D eigenvalue weighted by molar-refractivity contribution is -0.133. The number of rotatable bonds is 5. The number of aryl methyl sites for hydroxylation is 3. The number of thioether (sulfide) groups is 1. The van der Waals surface area contributed by atoms with Gasteiger partial charge in [-0.05, 0) is 70.4 Å². The molecule has 0 unspecified atom stereocenters. The van der Waals surface area contributed by atoms with E-state index in [-0.39, 0.29) is 11.4 Å². The Labute approximate surface area is 178 Å². The van der Waals surface area contributed by atoms with Crippen molar-refractivity contribution in [2.45, 2.75) is 58.7 Å². The zero-order chi connectivity index (χ0) is 21.2. The summed E-state index contributed by atoms with van der Waals surface area (Å²) < 4.78 is 0. The second kappa shape index (κ2) is 8.58. The fraction of sp³-hybridized carbons (Fsp3) is 0.360. The highest BCUT2D eigenvalue weighted by molar-refractivity contribution is 7.99. The van der Waals surface area contributed by atoms with Crippen LogP contribution >= 0.6 is 11.8 Å². The smallest absolute Gasteiger partial charge is 0.233 e. The maximum Gasteiger partial charge on any atom is 0.233 e. The molecule has 0 saturated carbocycles. The lowest BCUT2D eigenvalue weighted by atomic mass is 10.0. The average Bonchev–Trinajstić information content (AvgIpc) is 2.65. The van der Waals surface area contributed by atoms with Gasteiger partial charge in [0.2, 0.25) is 5.91 Å². The highest BCUT2D eigenvalue weighted by atomic mass is 32.2. The van der Waals surface area contributed by atoms with E-state index in [0.29, 0.717) is 12.3 Å². The van der Waals surface area contributed by atoms with Crippen molar-refractivity contribution in [2.24, 2.45) is 0 Å². The van der Waals surface area contributed by atoms with Crippen LogP contribution < -0.4 is 0 Å². The number of carbonyl (C=O) groups excluding carboxylic acids is 1. The number of hydrogen-bond acceptors (Lipinski definition) is 3. The van der Waals surface area contributed by atoms with Gasteiger partial charge in [0, 0.05) is 17.5 Å². The van der Waals surface area contributed by atoms with E-state index in [4.69, 9.17) is 4.98 Å². The molecule has 3 nitrogen and oxygen atoms in total. The van der Waals surface area contributed by atoms with Crippen LogP contribution in [0.15, 0.2) is 53.6 Å². The van der Waals surface area contributed by atoms with E-state index < -0.39 is 0 Å². The Bertz CT molecular complexity index is 1020. The van der Waals surface area contributed by atoms with Gasteiger partial charge >= 0.3 is 0 Å². The number of hydrogen-bond donors (Lipinski definition) is 0. The molecule has 0 N–H and O–H groups in total. The van der Waals surface area contributed by atoms with Crippen molar-refractivity contribution in [3.8, 4) is 0 Å². The van der Waals surface area contributed by atoms with Crippen LogP contribution in [0.5, 0.6) is 0 Å². The third kappa shape index (κ3) is 5.18. The summed E-state index contributed by atoms with van der Waals surface area (Å²) in [7, 11) is 0. The van der Waals surface area contributed by atoms with Crippen molar-refractivity contribution in [3.05, 3.63) is 70.8 Å². The molecule has 0 atom stereocenters. The van der Waals surface area contributed by atoms with Crippen LogP contribution in [0.3, 0.4) is 0 Å². The third-order valence-electron chi connectivity index (χ3n) is 5.07. The van der Waals surface area contributed by atoms with Crippen molar-refractivity contribution in [1.82, 2.24) is 9.88 Å². The van der Waals surface area contributed by atoms with Crippen molar-refractivity contribution < 1.29 is 4.79 Å². The van der Waals surface area contributed by atoms with Gasteiger partial charge in [0.1, 0.15) is 0 Å². The van der Waals surface area contributed by atoms with Crippen LogP contribution in [-0.4, -0.2) is 27.1 Å². The quantitative estimate of drug-likeness (QED) is 0.482. The number of amides is 1. The minimum Gasteiger partial charge on any atom is -0.333 e. The van der Waals surface area contributed by atoms with Crippen LogP contribution in [0, 0.1) is 20.8 Å². The maximum absolute atomic E-state index is 13.1. The maximum atomic E-state index is 13.1. The molecular formula is C25H30N2OS. The molecule has 0 saturated heterocycles. The van der Waals surface area contributed by atoms with Crippen molar-refractivity contribution in [1.29, 1.82) is 0 Å². The van der Waals surface area contributed by atoms with E-state index in [1.54, 1.807) is 0 Å². The van der Waals surface area contributed by atoms with Crippen LogP contribution in [-0.2, 0) is 11.3 Å². The summed E-state index contributed by atoms with van der Waals surface area (Å²) >= 11 is 1.52. The average molecular weight is 407 g/mol. The second-order valence-electron chi connectivity index (χ2n) is 8.68. The molecule has 4 heteroatoms. The molecule has 1 amide bonds. The molecule has 0 aliphatic rings. The molecule has 1 heterocycles. The molecule has 29 heavy (non-hydrogen) atoms. The summed E-state index contributed by atoms with van der Waals surface area (Å²) in [5.74, 6) is 0.513. The predicted molar refractivity (Wildman–Crippen MR) is 123 cm³/mol. The molecule has 1 aromatic heterocycles. The van der Waals surface area contributed by atoms with Crippen molar-refractivity contribution >= 4 is 28.6 Å². The minimum absolute atomic E-state index is 0.131. The Morgan fingerprint density at radius 1 is 1.00 bits per heavy atom. The zero-order valence-corrected chi connectivity index (χ0v) is 19.1. The predicted octanol–water partition coefficient (Wildman–Crippen LogP) is 6.08. The fourth-order valence-corrected chi connectivity index (χ4v) is 4.41. The Hall–Kier alpha value is -2.33. The number of fused-ring (bicyclic) bond motifs is 1. The van der Waals surface area contributed by atoms with E-state index in [1.165, 1.54) is 33.8 Å². The number of carbonyl (C=O) groups is 1. The highest BCUT2D eigenvalue weighted by Crippen LogP contribution is 2.28. The molecule has 0 radical (unpaired) electrons. The summed E-state index contributed by atoms with van der Waals surface area (Å²) in [4.78, 5) is 19.9. The zero-order valence-electron chi connectivity index (χ0n) is 18.2. The first-order chi connectivity index (χ1) is 13.6. The molecule has 0 aliphatic heterocycles. The van der Waals surface area contributed by atoms with Gasteiger partial charge in [-0.3, -0.25) is 4.79 Å². The van der Waals surface area contributed by atoms with Crippen LogP contribution in [0.1, 0.15) is 43.0 Å². The lowest BCUT2D eigenvalue weighted by Gasteiger charge is -2.36. The Morgan fingerprint density at radius 2 is 1.69 bits per heavy atom. The Morgan fingerprint density at radius 3 is 2.34 bits per heavy atom. The number of aromatic nitrogens is 1. The first kappa shape index (κ1) is 21.4. The Balaban J connectivity index is 1.79. The largest absolute Gasteiger partial charge is 0.333 e. The lowest BCUT2D eigenvalue weighted by Crippen LogP contribution is -2.45. The van der Waals surface area contributed by atoms with Crippen LogP contribution in [0.2, 0.25) is 0 Å². The molecule has 152 valence electrons. The van der Waals surface area contributed by atoms with Gasteiger partial charge in [-0.2, -0.15) is 0 Å². The molecule has 0 aliphatic carbocycles. The highest BCUT2D eigenvalue weighted by Gasteiger charge is 2.26. The molecule has 0 fully saturated rings. The van der Waals surface area contributed by atoms with Gasteiger partial charge in [-0.1, -0.05) is 53.7 Å². The van der Waals surface area contributed by atoms with E-state index in [9.17, 15) is 4.79 Å². The summed E-state index contributed by atoms with van der Waals surface area (Å²) in [6, 6.07) is 16.6. The molecule has 0 spiro atoms. The van der Waals surface area contributed by atoms with Crippen LogP contribution in [0.4, 0.5) is 0 Å². The fourth-order valence-electron chi connectivity index (χ4n) is 3.57. The molecule has 2 aromatic carbocycles. The monoisotopic (exact) mass is 406 g/mol.